The Labute approximate surface area is 695 Å². The van der Waals surface area contributed by atoms with Gasteiger partial charge in [0.15, 0.2) is 52.0 Å². The summed E-state index contributed by atoms with van der Waals surface area (Å²) in [7, 11) is 0.336. The van der Waals surface area contributed by atoms with E-state index in [-0.39, 0.29) is 76.0 Å². The summed E-state index contributed by atoms with van der Waals surface area (Å²) in [5.74, 6) is -1.82. The van der Waals surface area contributed by atoms with Gasteiger partial charge in [-0.05, 0) is 93.5 Å². The van der Waals surface area contributed by atoms with Gasteiger partial charge >= 0.3 is 7.82 Å². The number of aromatic nitrogens is 12. The Morgan fingerprint density at radius 3 is 0.902 bits per heavy atom. The molecule has 0 fully saturated rings. The summed E-state index contributed by atoms with van der Waals surface area (Å²) in [5.41, 5.74) is 2.77. The molecule has 6 aromatic heterocycles. The Morgan fingerprint density at radius 2 is 0.639 bits per heavy atom. The average molecular weight is 1710 g/mol. The van der Waals surface area contributed by atoms with Crippen molar-refractivity contribution in [3.05, 3.63) is 180 Å². The molecule has 0 saturated heterocycles. The second-order valence-electron chi connectivity index (χ2n) is 27.4. The maximum atomic E-state index is 14.8. The van der Waals surface area contributed by atoms with Gasteiger partial charge in [0.25, 0.3) is 0 Å². The monoisotopic (exact) mass is 1710 g/mol. The number of halogens is 6. The number of nitrogens with zero attached hydrogens (tertiary/aromatic N) is 12. The van der Waals surface area contributed by atoms with Crippen LogP contribution >= 0.6 is 7.82 Å². The molecule has 644 valence electrons. The van der Waals surface area contributed by atoms with Crippen molar-refractivity contribution >= 4 is 110 Å². The number of likely N-dealkylation sites (N-methyl/N-ethyl adjacent to an activating group) is 3. The molecule has 41 heteroatoms. The number of benzene rings is 6. The van der Waals surface area contributed by atoms with E-state index in [1.165, 1.54) is 40.3 Å². The average Bonchev–Trinajstić information content (AvgIpc) is 1.13. The van der Waals surface area contributed by atoms with Crippen molar-refractivity contribution in [1.82, 2.24) is 75.2 Å². The summed E-state index contributed by atoms with van der Waals surface area (Å²) in [6.45, 7) is 11.5. The van der Waals surface area contributed by atoms with Crippen molar-refractivity contribution < 1.29 is 87.3 Å². The Morgan fingerprint density at radius 1 is 0.361 bits per heavy atom. The lowest BCUT2D eigenvalue weighted by Crippen LogP contribution is -2.31. The zero-order valence-electron chi connectivity index (χ0n) is 67.4. The molecule has 0 radical (unpaired) electrons. The first-order valence-corrected chi connectivity index (χ1v) is 40.3. The number of nitrogens with one attached hydrogen (secondary N) is 9. The number of hydrogen-bond acceptors (Lipinski definition) is 28. The molecule has 12 rings (SSSR count). The fourth-order valence-corrected chi connectivity index (χ4v) is 14.0. The molecule has 0 aliphatic rings. The number of hydrogen-bond donors (Lipinski definition) is 9. The molecule has 0 aliphatic carbocycles. The molecule has 9 N–H and O–H groups in total. The standard InChI is InChI=1S/C81H90F6N21O13P/c1-7-106(13-10-19-116-70-43-64-61(40-67(70)113-4)79(91-46-88-64)97-73-34-58(100-103-73)37-76(109)94-55-28-49(82)25-50(83)29-55)16-22-119-122(112,120-23-17-107(8-2)14-11-20-117-71-44-65-62(41-68(71)114-5)80(92-47-89-65)98-74-35-59(101-104-74)38-77(110)95-56-30-51(84)26-52(85)31-56)121-24-18-108(9-3)15-12-21-118-72-45-66-63(42-69(72)115-6)81(93-48-90-66)99-75-36-60(102-105-75)39-78(111)96-57-32-53(86)27-54(87)33-57/h25-36,40-48H,7-24,37-39H2,1-6H3,(H,94,109)(H,95,110)(H,96,111)(H2,88,91,97,100,103)(H2,89,92,98,101,104)(H2,90,93,99,102,105). The molecule has 0 aliphatic heterocycles. The zero-order valence-corrected chi connectivity index (χ0v) is 68.3. The van der Waals surface area contributed by atoms with E-state index < -0.39 is 60.4 Å². The largest absolute Gasteiger partial charge is 0.493 e. The summed E-state index contributed by atoms with van der Waals surface area (Å²) in [5, 5.41) is 39.7. The molecular formula is C81H90F6N21O13P. The van der Waals surface area contributed by atoms with Gasteiger partial charge in [0, 0.05) is 144 Å². The second-order valence-corrected chi connectivity index (χ2v) is 29.1. The molecule has 12 aromatic rings. The van der Waals surface area contributed by atoms with E-state index in [1.807, 2.05) is 20.8 Å². The topological polar surface area (TPSA) is 397 Å². The molecule has 0 unspecified atom stereocenters. The first-order valence-electron chi connectivity index (χ1n) is 38.9. The number of phosphoric acid groups is 1. The van der Waals surface area contributed by atoms with E-state index in [0.717, 1.165) is 36.4 Å². The van der Waals surface area contributed by atoms with Gasteiger partial charge in [-0.2, -0.15) is 15.3 Å². The first kappa shape index (κ1) is 88.4. The summed E-state index contributed by atoms with van der Waals surface area (Å²) in [6, 6.07) is 23.4. The Kier molecular flexibility index (Phi) is 31.1. The molecule has 122 heavy (non-hydrogen) atoms. The molecule has 0 bridgehead atoms. The maximum absolute atomic E-state index is 14.8. The predicted octanol–water partition coefficient (Wildman–Crippen LogP) is 13.2. The molecule has 34 nitrogen and oxygen atoms in total. The minimum Gasteiger partial charge on any atom is -0.493 e. The molecule has 6 aromatic carbocycles. The van der Waals surface area contributed by atoms with Crippen LogP contribution in [0.4, 0.5) is 78.3 Å². The van der Waals surface area contributed by atoms with Crippen molar-refractivity contribution in [3.63, 3.8) is 0 Å². The Bertz CT molecular complexity index is 5050. The lowest BCUT2D eigenvalue weighted by atomic mass is 10.2. The number of carbonyl (C=O) groups is 3. The van der Waals surface area contributed by atoms with Crippen molar-refractivity contribution in [3.8, 4) is 34.5 Å². The van der Waals surface area contributed by atoms with Gasteiger partial charge in [-0.15, -0.1) is 0 Å². The molecule has 0 saturated carbocycles. The fourth-order valence-electron chi connectivity index (χ4n) is 12.9. The van der Waals surface area contributed by atoms with Gasteiger partial charge in [-0.3, -0.25) is 43.3 Å². The number of H-pyrrole nitrogens is 3. The first-order chi connectivity index (χ1) is 59.1. The number of fused-ring (bicyclic) bond motifs is 3. The van der Waals surface area contributed by atoms with E-state index in [9.17, 15) is 45.3 Å². The van der Waals surface area contributed by atoms with E-state index >= 15 is 0 Å². The van der Waals surface area contributed by atoms with Gasteiger partial charge in [0.05, 0.1) is 96.8 Å². The lowest BCUT2D eigenvalue weighted by Gasteiger charge is -2.25. The third-order valence-electron chi connectivity index (χ3n) is 18.8. The smallest absolute Gasteiger partial charge is 0.474 e. The maximum Gasteiger partial charge on any atom is 0.474 e. The van der Waals surface area contributed by atoms with Crippen LogP contribution in [0, 0.1) is 34.9 Å². The van der Waals surface area contributed by atoms with Crippen LogP contribution in [0.1, 0.15) is 57.1 Å². The van der Waals surface area contributed by atoms with E-state index in [0.29, 0.717) is 216 Å². The normalized spacial score (nSPS) is 11.6. The van der Waals surface area contributed by atoms with Gasteiger partial charge in [-0.25, -0.2) is 60.8 Å². The third kappa shape index (κ3) is 25.4. The van der Waals surface area contributed by atoms with Gasteiger partial charge < -0.3 is 75.0 Å². The number of rotatable bonds is 48. The van der Waals surface area contributed by atoms with Crippen molar-refractivity contribution in [2.75, 3.05) is 152 Å². The number of methoxy groups -OCH3 is 3. The minimum absolute atomic E-state index is 0.000496. The highest BCUT2D eigenvalue weighted by atomic mass is 31.2. The summed E-state index contributed by atoms with van der Waals surface area (Å²) in [6.07, 6.45) is 5.35. The highest BCUT2D eigenvalue weighted by molar-refractivity contribution is 7.48. The predicted molar refractivity (Wildman–Crippen MR) is 442 cm³/mol. The fraction of sp³-hybridized carbons (Fsp3) is 0.333. The van der Waals surface area contributed by atoms with Crippen LogP contribution < -0.4 is 60.3 Å². The number of ether oxygens (including phenoxy) is 6. The second kappa shape index (κ2) is 42.9. The molecular weight excluding hydrogens is 1620 g/mol. The number of carbonyl (C=O) groups excluding carboxylic acids is 3. The van der Waals surface area contributed by atoms with Gasteiger partial charge in [-0.1, -0.05) is 20.8 Å². The molecule has 3 amide bonds. The van der Waals surface area contributed by atoms with Crippen LogP contribution in [-0.4, -0.2) is 213 Å². The highest BCUT2D eigenvalue weighted by Gasteiger charge is 2.29. The third-order valence-corrected chi connectivity index (χ3v) is 20.3. The highest BCUT2D eigenvalue weighted by Crippen LogP contribution is 2.49. The molecule has 0 spiro atoms. The number of aromatic amines is 3. The molecule has 6 heterocycles. The zero-order chi connectivity index (χ0) is 86.1. The summed E-state index contributed by atoms with van der Waals surface area (Å²) < 4.78 is 152. The SMILES string of the molecule is CCN(CCCOc1cc2ncnc(Nc3cc(CC(=O)Nc4cc(F)cc(F)c4)[nH]n3)c2cc1OC)CCOP(=O)(OCCN(CC)CCCOc1cc2ncnc(Nc3cc(CC(=O)Nc4cc(F)cc(F)c4)[nH]n3)c2cc1OC)OCCN(CC)CCCOc1cc2ncnc(Nc3cc(CC(=O)Nc4cc(F)cc(F)c4)[nH]n3)c2cc1OC. The van der Waals surface area contributed by atoms with E-state index in [2.05, 4.69) is 107 Å². The lowest BCUT2D eigenvalue weighted by molar-refractivity contribution is -0.116. The van der Waals surface area contributed by atoms with Crippen LogP contribution in [0.2, 0.25) is 0 Å². The van der Waals surface area contributed by atoms with E-state index in [4.69, 9.17) is 42.0 Å². The quantitative estimate of drug-likeness (QED) is 0.00971. The minimum atomic E-state index is -4.20. The number of phosphoric ester groups is 1. The van der Waals surface area contributed by atoms with Crippen molar-refractivity contribution in [1.29, 1.82) is 0 Å². The van der Waals surface area contributed by atoms with Gasteiger partial charge in [0.2, 0.25) is 17.7 Å². The van der Waals surface area contributed by atoms with Crippen LogP contribution in [0.25, 0.3) is 32.7 Å². The van der Waals surface area contributed by atoms with Crippen molar-refractivity contribution in [2.24, 2.45) is 0 Å². The Hall–Kier alpha value is -12.9. The summed E-state index contributed by atoms with van der Waals surface area (Å²) >= 11 is 0. The van der Waals surface area contributed by atoms with Crippen LogP contribution in [0.15, 0.2) is 128 Å². The van der Waals surface area contributed by atoms with Crippen molar-refractivity contribution in [2.45, 2.75) is 59.3 Å². The van der Waals surface area contributed by atoms with Crippen LogP contribution in [0.3, 0.4) is 0 Å². The summed E-state index contributed by atoms with van der Waals surface area (Å²) in [4.78, 5) is 71.2. The number of amides is 3. The van der Waals surface area contributed by atoms with Crippen LogP contribution in [-0.2, 0) is 51.8 Å². The Balaban J connectivity index is 0.629. The van der Waals surface area contributed by atoms with E-state index in [1.54, 1.807) is 54.6 Å². The molecule has 0 atom stereocenters. The van der Waals surface area contributed by atoms with Crippen LogP contribution in [0.5, 0.6) is 34.5 Å². The number of anilines is 9. The van der Waals surface area contributed by atoms with Gasteiger partial charge in [0.1, 0.15) is 71.3 Å².